The molecule has 1 rings (SSSR count). The molecule has 1 fully saturated rings. The average molecular weight is 220 g/mol. The first kappa shape index (κ1) is 13.5. The molecule has 0 heteroatoms. The molecule has 0 aliphatic heterocycles. The first-order valence-electron chi connectivity index (χ1n) is 6.94. The molecule has 0 N–H and O–H groups in total. The Morgan fingerprint density at radius 1 is 1.31 bits per heavy atom. The Morgan fingerprint density at radius 3 is 2.56 bits per heavy atom. The maximum atomic E-state index is 4.26. The minimum absolute atomic E-state index is 0.854. The Kier molecular flexibility index (Phi) is 5.87. The van der Waals surface area contributed by atoms with Crippen LogP contribution in [0.2, 0.25) is 0 Å². The van der Waals surface area contributed by atoms with Gasteiger partial charge in [-0.05, 0) is 51.4 Å². The van der Waals surface area contributed by atoms with E-state index in [1.807, 2.05) is 0 Å². The van der Waals surface area contributed by atoms with E-state index in [1.165, 1.54) is 56.1 Å². The summed E-state index contributed by atoms with van der Waals surface area (Å²) in [5.74, 6) is 1.87. The summed E-state index contributed by atoms with van der Waals surface area (Å²) < 4.78 is 0. The molecule has 0 aromatic heterocycles. The fourth-order valence-electron chi connectivity index (χ4n) is 2.55. The van der Waals surface area contributed by atoms with Gasteiger partial charge in [0.1, 0.15) is 0 Å². The third-order valence-electron chi connectivity index (χ3n) is 3.80. The van der Waals surface area contributed by atoms with Crippen LogP contribution in [0.4, 0.5) is 0 Å². The maximum Gasteiger partial charge on any atom is -0.0201 e. The summed E-state index contributed by atoms with van der Waals surface area (Å²) in [4.78, 5) is 0. The van der Waals surface area contributed by atoms with Crippen LogP contribution in [0.1, 0.15) is 65.7 Å². The fraction of sp³-hybridized carbons (Fsp3) is 0.750. The molecule has 0 heterocycles. The zero-order valence-corrected chi connectivity index (χ0v) is 11.4. The monoisotopic (exact) mass is 220 g/mol. The van der Waals surface area contributed by atoms with Gasteiger partial charge < -0.3 is 0 Å². The summed E-state index contributed by atoms with van der Waals surface area (Å²) in [5.41, 5.74) is 2.94. The van der Waals surface area contributed by atoms with E-state index in [4.69, 9.17) is 0 Å². The van der Waals surface area contributed by atoms with Crippen LogP contribution in [0.15, 0.2) is 23.8 Å². The summed E-state index contributed by atoms with van der Waals surface area (Å²) >= 11 is 0. The standard InChI is InChI=1S/C16H28/c1-5-6-10-15-11-16(12-15)14(4)9-7-8-13(2)3/h8,15-16H,4-7,9-12H2,1-3H3. The van der Waals surface area contributed by atoms with Gasteiger partial charge in [0.25, 0.3) is 0 Å². The quantitative estimate of drug-likeness (QED) is 0.497. The normalized spacial score (nSPS) is 23.7. The van der Waals surface area contributed by atoms with Crippen molar-refractivity contribution < 1.29 is 0 Å². The molecule has 0 nitrogen and oxygen atoms in total. The molecule has 16 heavy (non-hydrogen) atoms. The SMILES string of the molecule is C=C(CCC=C(C)C)C1CC(CCCC)C1. The van der Waals surface area contributed by atoms with Gasteiger partial charge >= 0.3 is 0 Å². The van der Waals surface area contributed by atoms with Crippen molar-refractivity contribution in [3.05, 3.63) is 23.8 Å². The van der Waals surface area contributed by atoms with Crippen molar-refractivity contribution in [1.29, 1.82) is 0 Å². The summed E-state index contributed by atoms with van der Waals surface area (Å²) in [5, 5.41) is 0. The van der Waals surface area contributed by atoms with E-state index < -0.39 is 0 Å². The zero-order valence-electron chi connectivity index (χ0n) is 11.4. The van der Waals surface area contributed by atoms with Crippen LogP contribution >= 0.6 is 0 Å². The molecule has 0 unspecified atom stereocenters. The number of hydrogen-bond acceptors (Lipinski definition) is 0. The Hall–Kier alpha value is -0.520. The highest BCUT2D eigenvalue weighted by molar-refractivity contribution is 5.08. The Labute approximate surface area is 102 Å². The molecule has 1 aliphatic carbocycles. The molecule has 0 saturated heterocycles. The molecule has 92 valence electrons. The van der Waals surface area contributed by atoms with Gasteiger partial charge in [0.2, 0.25) is 0 Å². The van der Waals surface area contributed by atoms with Crippen LogP contribution in [-0.2, 0) is 0 Å². The second kappa shape index (κ2) is 6.93. The lowest BCUT2D eigenvalue weighted by Crippen LogP contribution is -2.24. The molecule has 1 saturated carbocycles. The van der Waals surface area contributed by atoms with Crippen LogP contribution in [0.25, 0.3) is 0 Å². The highest BCUT2D eigenvalue weighted by Gasteiger charge is 2.29. The summed E-state index contributed by atoms with van der Waals surface area (Å²) in [6.07, 6.45) is 11.8. The lowest BCUT2D eigenvalue weighted by Gasteiger charge is -2.37. The summed E-state index contributed by atoms with van der Waals surface area (Å²) in [6.45, 7) is 10.9. The van der Waals surface area contributed by atoms with Gasteiger partial charge in [-0.2, -0.15) is 0 Å². The third kappa shape index (κ3) is 4.55. The van der Waals surface area contributed by atoms with Gasteiger partial charge in [0.15, 0.2) is 0 Å². The Balaban J connectivity index is 2.10. The number of rotatable bonds is 7. The van der Waals surface area contributed by atoms with E-state index in [0.717, 1.165) is 11.8 Å². The predicted octanol–water partition coefficient (Wildman–Crippen LogP) is 5.51. The molecule has 1 aliphatic rings. The second-order valence-electron chi connectivity index (χ2n) is 5.65. The second-order valence-corrected chi connectivity index (χ2v) is 5.65. The van der Waals surface area contributed by atoms with E-state index in [0.29, 0.717) is 0 Å². The van der Waals surface area contributed by atoms with Crippen molar-refractivity contribution >= 4 is 0 Å². The van der Waals surface area contributed by atoms with Crippen LogP contribution in [0.5, 0.6) is 0 Å². The minimum Gasteiger partial charge on any atom is -0.0996 e. The van der Waals surface area contributed by atoms with Crippen LogP contribution in [0.3, 0.4) is 0 Å². The van der Waals surface area contributed by atoms with Crippen LogP contribution in [0, 0.1) is 11.8 Å². The van der Waals surface area contributed by atoms with Crippen LogP contribution < -0.4 is 0 Å². The van der Waals surface area contributed by atoms with Crippen molar-refractivity contribution in [3.8, 4) is 0 Å². The molecule has 0 aromatic rings. The van der Waals surface area contributed by atoms with Crippen molar-refractivity contribution in [2.24, 2.45) is 11.8 Å². The van der Waals surface area contributed by atoms with Gasteiger partial charge in [0.05, 0.1) is 0 Å². The molecule has 0 atom stereocenters. The number of hydrogen-bond donors (Lipinski definition) is 0. The Bertz CT molecular complexity index is 237. The molecular weight excluding hydrogens is 192 g/mol. The number of allylic oxidation sites excluding steroid dienone is 3. The molecule has 0 amide bonds. The van der Waals surface area contributed by atoms with Crippen molar-refractivity contribution in [3.63, 3.8) is 0 Å². The van der Waals surface area contributed by atoms with E-state index >= 15 is 0 Å². The van der Waals surface area contributed by atoms with E-state index in [-0.39, 0.29) is 0 Å². The zero-order chi connectivity index (χ0) is 12.0. The smallest absolute Gasteiger partial charge is 0.0201 e. The predicted molar refractivity (Wildman–Crippen MR) is 73.5 cm³/mol. The van der Waals surface area contributed by atoms with Gasteiger partial charge in [-0.3, -0.25) is 0 Å². The molecule has 0 aromatic carbocycles. The number of unbranched alkanes of at least 4 members (excludes halogenated alkanes) is 1. The largest absolute Gasteiger partial charge is 0.0996 e. The first-order chi connectivity index (χ1) is 7.63. The van der Waals surface area contributed by atoms with Gasteiger partial charge in [-0.15, -0.1) is 0 Å². The molecule has 0 radical (unpaired) electrons. The highest BCUT2D eigenvalue weighted by atomic mass is 14.3. The molecule has 0 spiro atoms. The van der Waals surface area contributed by atoms with Crippen molar-refractivity contribution in [2.75, 3.05) is 0 Å². The lowest BCUT2D eigenvalue weighted by atomic mass is 9.69. The lowest BCUT2D eigenvalue weighted by molar-refractivity contribution is 0.207. The highest BCUT2D eigenvalue weighted by Crippen LogP contribution is 2.42. The topological polar surface area (TPSA) is 0 Å². The van der Waals surface area contributed by atoms with Gasteiger partial charge in [-0.25, -0.2) is 0 Å². The van der Waals surface area contributed by atoms with E-state index in [1.54, 1.807) is 0 Å². The van der Waals surface area contributed by atoms with Crippen molar-refractivity contribution in [2.45, 2.75) is 65.7 Å². The average Bonchev–Trinajstić information content (AvgIpc) is 2.15. The van der Waals surface area contributed by atoms with E-state index in [9.17, 15) is 0 Å². The maximum absolute atomic E-state index is 4.26. The Morgan fingerprint density at radius 2 is 2.00 bits per heavy atom. The third-order valence-corrected chi connectivity index (χ3v) is 3.80. The van der Waals surface area contributed by atoms with Crippen LogP contribution in [-0.4, -0.2) is 0 Å². The van der Waals surface area contributed by atoms with Gasteiger partial charge in [-0.1, -0.05) is 50.0 Å². The van der Waals surface area contributed by atoms with Gasteiger partial charge in [0, 0.05) is 0 Å². The first-order valence-corrected chi connectivity index (χ1v) is 6.94. The summed E-state index contributed by atoms with van der Waals surface area (Å²) in [6, 6.07) is 0. The van der Waals surface area contributed by atoms with Crippen molar-refractivity contribution in [1.82, 2.24) is 0 Å². The van der Waals surface area contributed by atoms with E-state index in [2.05, 4.69) is 33.4 Å². The minimum atomic E-state index is 0.854. The molecule has 0 bridgehead atoms. The summed E-state index contributed by atoms with van der Waals surface area (Å²) in [7, 11) is 0. The fourth-order valence-corrected chi connectivity index (χ4v) is 2.55. The molecular formula is C16H28.